The Morgan fingerprint density at radius 3 is 2.55 bits per heavy atom. The second-order valence-electron chi connectivity index (χ2n) is 8.04. The third-order valence-corrected chi connectivity index (χ3v) is 5.98. The second kappa shape index (κ2) is 9.87. The molecule has 2 aromatic rings. The molecule has 8 heteroatoms. The zero-order valence-corrected chi connectivity index (χ0v) is 18.0. The van der Waals surface area contributed by atoms with Crippen LogP contribution < -0.4 is 24.7 Å². The van der Waals surface area contributed by atoms with Gasteiger partial charge in [-0.2, -0.15) is 0 Å². The van der Waals surface area contributed by atoms with Gasteiger partial charge in [0.15, 0.2) is 12.4 Å². The second-order valence-corrected chi connectivity index (χ2v) is 8.04. The van der Waals surface area contributed by atoms with Gasteiger partial charge in [0.05, 0.1) is 39.0 Å². The van der Waals surface area contributed by atoms with Gasteiger partial charge < -0.3 is 28.6 Å². The van der Waals surface area contributed by atoms with Crippen molar-refractivity contribution in [1.82, 2.24) is 4.90 Å². The van der Waals surface area contributed by atoms with E-state index < -0.39 is 0 Å². The van der Waals surface area contributed by atoms with Crippen LogP contribution in [0.15, 0.2) is 45.8 Å². The van der Waals surface area contributed by atoms with Crippen LogP contribution in [0.3, 0.4) is 0 Å². The fraction of sp³-hybridized carbons (Fsp3) is 0.478. The van der Waals surface area contributed by atoms with Crippen LogP contribution in [0.4, 0.5) is 5.69 Å². The van der Waals surface area contributed by atoms with Gasteiger partial charge in [-0.3, -0.25) is 9.59 Å². The molecular formula is C23H30N3O5+. The van der Waals surface area contributed by atoms with E-state index in [2.05, 4.69) is 11.0 Å². The molecule has 0 atom stereocenters. The molecule has 0 aliphatic carbocycles. The van der Waals surface area contributed by atoms with E-state index in [1.807, 2.05) is 18.2 Å². The van der Waals surface area contributed by atoms with Crippen molar-refractivity contribution in [2.75, 3.05) is 57.9 Å². The van der Waals surface area contributed by atoms with Crippen LogP contribution in [-0.4, -0.2) is 63.8 Å². The predicted octanol–water partition coefficient (Wildman–Crippen LogP) is 0.555. The third-order valence-electron chi connectivity index (χ3n) is 5.98. The van der Waals surface area contributed by atoms with Crippen LogP contribution in [0.25, 0.3) is 0 Å². The topological polar surface area (TPSA) is 76.7 Å². The van der Waals surface area contributed by atoms with Gasteiger partial charge in [0.25, 0.3) is 5.91 Å². The Morgan fingerprint density at radius 2 is 1.84 bits per heavy atom. The summed E-state index contributed by atoms with van der Waals surface area (Å²) in [6.07, 6.45) is 3.38. The van der Waals surface area contributed by atoms with Crippen LogP contribution in [-0.2, 0) is 11.3 Å². The summed E-state index contributed by atoms with van der Waals surface area (Å²) in [7, 11) is 1.69. The highest BCUT2D eigenvalue weighted by atomic mass is 16.5. The molecular weight excluding hydrogens is 398 g/mol. The first-order valence-electron chi connectivity index (χ1n) is 10.9. The van der Waals surface area contributed by atoms with Gasteiger partial charge in [0, 0.05) is 19.2 Å². The highest BCUT2D eigenvalue weighted by molar-refractivity contribution is 5.78. The number of amides is 1. The number of hydrogen-bond acceptors (Lipinski definition) is 6. The largest absolute Gasteiger partial charge is 0.495 e. The van der Waals surface area contributed by atoms with E-state index in [1.54, 1.807) is 12.0 Å². The summed E-state index contributed by atoms with van der Waals surface area (Å²) in [5.74, 6) is 1.52. The maximum Gasteiger partial charge on any atom is 0.260 e. The lowest BCUT2D eigenvalue weighted by Gasteiger charge is -2.34. The average molecular weight is 429 g/mol. The molecule has 166 valence electrons. The number of nitrogens with one attached hydrogen (secondary N) is 1. The molecule has 2 saturated heterocycles. The van der Waals surface area contributed by atoms with Crippen molar-refractivity contribution in [2.24, 2.45) is 0 Å². The molecule has 0 bridgehead atoms. The van der Waals surface area contributed by atoms with Gasteiger partial charge in [0.1, 0.15) is 18.6 Å². The Labute approximate surface area is 181 Å². The summed E-state index contributed by atoms with van der Waals surface area (Å²) >= 11 is 0. The standard InChI is InChI=1S/C23H29N3O5/c1-29-21-7-3-2-6-19(21)25-12-10-24(11-13-25)15-18-14-20(27)22(16-30-18)31-17-23(28)26-8-4-5-9-26/h2-3,6-7,14,16H,4-5,8-13,15,17H2,1H3/p+1. The highest BCUT2D eigenvalue weighted by Crippen LogP contribution is 2.27. The molecule has 0 radical (unpaired) electrons. The molecule has 3 heterocycles. The van der Waals surface area contributed by atoms with Gasteiger partial charge in [-0.05, 0) is 25.0 Å². The van der Waals surface area contributed by atoms with Gasteiger partial charge in [-0.25, -0.2) is 0 Å². The molecule has 31 heavy (non-hydrogen) atoms. The number of likely N-dealkylation sites (tertiary alicyclic amines) is 1. The highest BCUT2D eigenvalue weighted by Gasteiger charge is 2.23. The van der Waals surface area contributed by atoms with Crippen LogP contribution >= 0.6 is 0 Å². The quantitative estimate of drug-likeness (QED) is 0.694. The Balaban J connectivity index is 1.28. The average Bonchev–Trinajstić information content (AvgIpc) is 3.34. The summed E-state index contributed by atoms with van der Waals surface area (Å²) in [5.41, 5.74) is 0.864. The minimum absolute atomic E-state index is 0.0849. The molecule has 2 aliphatic rings. The van der Waals surface area contributed by atoms with Gasteiger partial charge >= 0.3 is 0 Å². The fourth-order valence-electron chi connectivity index (χ4n) is 4.21. The number of benzene rings is 1. The summed E-state index contributed by atoms with van der Waals surface area (Å²) in [6, 6.07) is 9.53. The summed E-state index contributed by atoms with van der Waals surface area (Å²) < 4.78 is 16.5. The lowest BCUT2D eigenvalue weighted by Crippen LogP contribution is -3.13. The molecule has 8 nitrogen and oxygen atoms in total. The monoisotopic (exact) mass is 428 g/mol. The normalized spacial score (nSPS) is 17.1. The number of anilines is 1. The smallest absolute Gasteiger partial charge is 0.260 e. The molecule has 2 aliphatic heterocycles. The first-order valence-corrected chi connectivity index (χ1v) is 10.9. The van der Waals surface area contributed by atoms with Crippen molar-refractivity contribution in [1.29, 1.82) is 0 Å². The van der Waals surface area contributed by atoms with E-state index in [-0.39, 0.29) is 23.7 Å². The number of carbonyl (C=O) groups excluding carboxylic acids is 1. The maximum atomic E-state index is 12.4. The molecule has 1 aromatic carbocycles. The van der Waals surface area contributed by atoms with Crippen LogP contribution in [0.1, 0.15) is 18.6 Å². The number of methoxy groups -OCH3 is 1. The lowest BCUT2D eigenvalue weighted by atomic mass is 10.2. The Morgan fingerprint density at radius 1 is 1.10 bits per heavy atom. The minimum Gasteiger partial charge on any atom is -0.495 e. The first kappa shape index (κ1) is 21.2. The van der Waals surface area contributed by atoms with E-state index in [9.17, 15) is 9.59 Å². The van der Waals surface area contributed by atoms with Crippen LogP contribution in [0.5, 0.6) is 11.5 Å². The van der Waals surface area contributed by atoms with Gasteiger partial charge in [0.2, 0.25) is 11.2 Å². The van der Waals surface area contributed by atoms with E-state index >= 15 is 0 Å². The van der Waals surface area contributed by atoms with Gasteiger partial charge in [-0.1, -0.05) is 12.1 Å². The maximum absolute atomic E-state index is 12.4. The predicted molar refractivity (Wildman–Crippen MR) is 116 cm³/mol. The molecule has 0 unspecified atom stereocenters. The molecule has 1 amide bonds. The van der Waals surface area contributed by atoms with E-state index in [1.165, 1.54) is 17.2 Å². The summed E-state index contributed by atoms with van der Waals surface area (Å²) in [6.45, 7) is 5.72. The van der Waals surface area contributed by atoms with Crippen LogP contribution in [0.2, 0.25) is 0 Å². The molecule has 1 aromatic heterocycles. The van der Waals surface area contributed by atoms with Crippen LogP contribution in [0, 0.1) is 0 Å². The number of carbonyl (C=O) groups is 1. The Bertz CT molecular complexity index is 946. The summed E-state index contributed by atoms with van der Waals surface area (Å²) in [4.78, 5) is 29.9. The van der Waals surface area contributed by atoms with Crippen molar-refractivity contribution in [2.45, 2.75) is 19.4 Å². The minimum atomic E-state index is -0.248. The van der Waals surface area contributed by atoms with Crippen molar-refractivity contribution in [3.63, 3.8) is 0 Å². The van der Waals surface area contributed by atoms with E-state index in [0.717, 1.165) is 63.5 Å². The number of ether oxygens (including phenoxy) is 2. The molecule has 1 N–H and O–H groups in total. The summed E-state index contributed by atoms with van der Waals surface area (Å²) in [5, 5.41) is 0. The fourth-order valence-corrected chi connectivity index (χ4v) is 4.21. The number of para-hydroxylation sites is 2. The van der Waals surface area contributed by atoms with Crippen molar-refractivity contribution >= 4 is 11.6 Å². The number of rotatable bonds is 7. The van der Waals surface area contributed by atoms with E-state index in [4.69, 9.17) is 13.9 Å². The third kappa shape index (κ3) is 5.19. The number of piperazine rings is 1. The van der Waals surface area contributed by atoms with Gasteiger partial charge in [-0.15, -0.1) is 0 Å². The Hall–Kier alpha value is -3.00. The van der Waals surface area contributed by atoms with Crippen molar-refractivity contribution < 1.29 is 23.6 Å². The number of quaternary nitrogens is 1. The first-order chi connectivity index (χ1) is 15.1. The lowest BCUT2D eigenvalue weighted by molar-refractivity contribution is -0.915. The molecule has 0 spiro atoms. The number of hydrogen-bond donors (Lipinski definition) is 1. The van der Waals surface area contributed by atoms with Crippen molar-refractivity contribution in [3.8, 4) is 11.5 Å². The van der Waals surface area contributed by atoms with E-state index in [0.29, 0.717) is 12.3 Å². The van der Waals surface area contributed by atoms with Crippen molar-refractivity contribution in [3.05, 3.63) is 52.6 Å². The SMILES string of the molecule is COc1ccccc1N1CC[NH+](Cc2cc(=O)c(OCC(=O)N3CCCC3)co2)CC1. The molecule has 2 fully saturated rings. The number of nitrogens with zero attached hydrogens (tertiary/aromatic N) is 2. The Kier molecular flexibility index (Phi) is 6.76. The molecule has 4 rings (SSSR count). The zero-order valence-electron chi connectivity index (χ0n) is 18.0. The zero-order chi connectivity index (χ0) is 21.6. The molecule has 0 saturated carbocycles.